The molecule has 0 aliphatic heterocycles. The fourth-order valence-electron chi connectivity index (χ4n) is 2.13. The van der Waals surface area contributed by atoms with E-state index in [0.717, 1.165) is 10.0 Å². The van der Waals surface area contributed by atoms with Crippen molar-refractivity contribution in [1.29, 1.82) is 0 Å². The molecular weight excluding hydrogens is 364 g/mol. The first-order valence-electron chi connectivity index (χ1n) is 6.97. The Labute approximate surface area is 141 Å². The van der Waals surface area contributed by atoms with E-state index in [2.05, 4.69) is 36.4 Å². The summed E-state index contributed by atoms with van der Waals surface area (Å²) in [5.74, 6) is -0.739. The zero-order valence-electron chi connectivity index (χ0n) is 13.0. The number of ether oxygens (including phenoxy) is 1. The number of aromatic nitrogens is 2. The Bertz CT molecular complexity index is 761. The van der Waals surface area contributed by atoms with E-state index in [1.54, 1.807) is 33.0 Å². The van der Waals surface area contributed by atoms with Gasteiger partial charge < -0.3 is 14.7 Å². The Morgan fingerprint density at radius 3 is 2.78 bits per heavy atom. The van der Waals surface area contributed by atoms with Gasteiger partial charge in [-0.2, -0.15) is 5.10 Å². The van der Waals surface area contributed by atoms with Crippen LogP contribution in [-0.2, 0) is 4.74 Å². The van der Waals surface area contributed by atoms with Gasteiger partial charge in [0.2, 0.25) is 0 Å². The Kier molecular flexibility index (Phi) is 5.38. The number of carbonyl (C=O) groups is 2. The number of H-pyrrole nitrogens is 2. The van der Waals surface area contributed by atoms with E-state index >= 15 is 0 Å². The molecule has 0 atom stereocenters. The normalized spacial score (nSPS) is 11.0. The molecule has 2 aromatic heterocycles. The van der Waals surface area contributed by atoms with E-state index < -0.39 is 0 Å². The monoisotopic (exact) mass is 380 g/mol. The number of carbonyl (C=O) groups excluding carboxylic acids is 2. The molecule has 0 fully saturated rings. The summed E-state index contributed by atoms with van der Waals surface area (Å²) >= 11 is 3.25. The van der Waals surface area contributed by atoms with E-state index in [-0.39, 0.29) is 11.9 Å². The third kappa shape index (κ3) is 3.89. The van der Waals surface area contributed by atoms with Crippen molar-refractivity contribution in [3.8, 4) is 0 Å². The van der Waals surface area contributed by atoms with Crippen LogP contribution < -0.4 is 5.43 Å². The lowest BCUT2D eigenvalue weighted by Crippen LogP contribution is -2.18. The molecule has 0 unspecified atom stereocenters. The maximum atomic E-state index is 11.9. The topological polar surface area (TPSA) is 99.3 Å². The Hall–Kier alpha value is -2.35. The molecule has 3 N–H and O–H groups in total. The summed E-state index contributed by atoms with van der Waals surface area (Å²) in [7, 11) is 0. The Morgan fingerprint density at radius 1 is 1.43 bits per heavy atom. The summed E-state index contributed by atoms with van der Waals surface area (Å²) in [4.78, 5) is 29.6. The first-order valence-corrected chi connectivity index (χ1v) is 7.77. The first-order chi connectivity index (χ1) is 10.9. The average Bonchev–Trinajstić information content (AvgIpc) is 3.03. The van der Waals surface area contributed by atoms with Gasteiger partial charge in [0.15, 0.2) is 0 Å². The largest absolute Gasteiger partial charge is 0.462 e. The molecule has 0 aliphatic carbocycles. The number of hydrogen-bond donors (Lipinski definition) is 3. The second kappa shape index (κ2) is 7.28. The van der Waals surface area contributed by atoms with Gasteiger partial charge in [-0.05, 0) is 48.3 Å². The van der Waals surface area contributed by atoms with Crippen molar-refractivity contribution >= 4 is 34.0 Å². The molecule has 2 aromatic rings. The van der Waals surface area contributed by atoms with Gasteiger partial charge in [0, 0.05) is 16.4 Å². The minimum Gasteiger partial charge on any atom is -0.462 e. The zero-order chi connectivity index (χ0) is 17.0. The maximum Gasteiger partial charge on any atom is 0.340 e. The van der Waals surface area contributed by atoms with Crippen LogP contribution in [0.2, 0.25) is 0 Å². The highest BCUT2D eigenvalue weighted by atomic mass is 79.9. The number of nitrogens with zero attached hydrogens (tertiary/aromatic N) is 1. The quantitative estimate of drug-likeness (QED) is 0.422. The molecule has 0 saturated heterocycles. The van der Waals surface area contributed by atoms with Gasteiger partial charge in [-0.3, -0.25) is 4.79 Å². The molecule has 2 rings (SSSR count). The number of nitrogens with one attached hydrogen (secondary N) is 3. The van der Waals surface area contributed by atoms with Gasteiger partial charge in [0.1, 0.15) is 5.69 Å². The van der Waals surface area contributed by atoms with Crippen LogP contribution in [-0.4, -0.2) is 34.7 Å². The van der Waals surface area contributed by atoms with E-state index in [0.29, 0.717) is 29.3 Å². The SMILES string of the molecule is CCOC(=O)c1c(C)[nH]c(/C=N/NC(=O)c2cc(Br)c[nH]2)c1C. The third-order valence-corrected chi connectivity index (χ3v) is 3.67. The van der Waals surface area contributed by atoms with Gasteiger partial charge in [0.05, 0.1) is 24.1 Å². The molecule has 0 radical (unpaired) electrons. The minimum atomic E-state index is -0.376. The summed E-state index contributed by atoms with van der Waals surface area (Å²) in [5, 5.41) is 3.90. The first kappa shape index (κ1) is 17.0. The molecule has 0 spiro atoms. The fraction of sp³-hybridized carbons (Fsp3) is 0.267. The van der Waals surface area contributed by atoms with Crippen molar-refractivity contribution in [1.82, 2.24) is 15.4 Å². The third-order valence-electron chi connectivity index (χ3n) is 3.21. The van der Waals surface area contributed by atoms with Gasteiger partial charge in [0.25, 0.3) is 5.91 Å². The van der Waals surface area contributed by atoms with E-state index in [1.165, 1.54) is 6.21 Å². The van der Waals surface area contributed by atoms with Crippen LogP contribution in [0.15, 0.2) is 21.8 Å². The summed E-state index contributed by atoms with van der Waals surface area (Å²) in [6.07, 6.45) is 3.11. The van der Waals surface area contributed by atoms with E-state index in [1.807, 2.05) is 0 Å². The number of aromatic amines is 2. The summed E-state index contributed by atoms with van der Waals surface area (Å²) in [5.41, 5.74) is 5.35. The lowest BCUT2D eigenvalue weighted by molar-refractivity contribution is 0.0525. The Balaban J connectivity index is 2.10. The predicted octanol–water partition coefficient (Wildman–Crippen LogP) is 2.66. The second-order valence-corrected chi connectivity index (χ2v) is 5.73. The van der Waals surface area contributed by atoms with Crippen LogP contribution in [0.1, 0.15) is 44.7 Å². The highest BCUT2D eigenvalue weighted by Crippen LogP contribution is 2.17. The van der Waals surface area contributed by atoms with Crippen molar-refractivity contribution < 1.29 is 14.3 Å². The van der Waals surface area contributed by atoms with Crippen molar-refractivity contribution in [3.63, 3.8) is 0 Å². The van der Waals surface area contributed by atoms with Crippen molar-refractivity contribution in [2.24, 2.45) is 5.10 Å². The zero-order valence-corrected chi connectivity index (χ0v) is 14.6. The molecule has 8 heteroatoms. The predicted molar refractivity (Wildman–Crippen MR) is 89.8 cm³/mol. The van der Waals surface area contributed by atoms with Gasteiger partial charge in [-0.25, -0.2) is 10.2 Å². The van der Waals surface area contributed by atoms with E-state index in [9.17, 15) is 9.59 Å². The number of amides is 1. The van der Waals surface area contributed by atoms with Crippen LogP contribution in [0, 0.1) is 13.8 Å². The summed E-state index contributed by atoms with van der Waals surface area (Å²) < 4.78 is 5.80. The highest BCUT2D eigenvalue weighted by molar-refractivity contribution is 9.10. The highest BCUT2D eigenvalue weighted by Gasteiger charge is 2.18. The molecular formula is C15H17BrN4O3. The lowest BCUT2D eigenvalue weighted by atomic mass is 10.1. The summed E-state index contributed by atoms with van der Waals surface area (Å²) in [6.45, 7) is 5.65. The van der Waals surface area contributed by atoms with Crippen molar-refractivity contribution in [3.05, 3.63) is 44.9 Å². The molecule has 1 amide bonds. The van der Waals surface area contributed by atoms with Gasteiger partial charge in [-0.15, -0.1) is 0 Å². The standard InChI is InChI=1S/C15H17BrN4O3/c1-4-23-15(22)13-8(2)12(19-9(13)3)7-18-20-14(21)11-5-10(16)6-17-11/h5-7,17,19H,4H2,1-3H3,(H,20,21)/b18-7+. The molecule has 23 heavy (non-hydrogen) atoms. The lowest BCUT2D eigenvalue weighted by Gasteiger charge is -2.01. The average molecular weight is 381 g/mol. The number of rotatable bonds is 5. The molecule has 7 nitrogen and oxygen atoms in total. The van der Waals surface area contributed by atoms with Crippen molar-refractivity contribution in [2.75, 3.05) is 6.61 Å². The smallest absolute Gasteiger partial charge is 0.340 e. The minimum absolute atomic E-state index is 0.314. The van der Waals surface area contributed by atoms with E-state index in [4.69, 9.17) is 4.74 Å². The number of halogens is 1. The van der Waals surface area contributed by atoms with Crippen LogP contribution >= 0.6 is 15.9 Å². The Morgan fingerprint density at radius 2 is 2.17 bits per heavy atom. The molecule has 0 aromatic carbocycles. The summed E-state index contributed by atoms with van der Waals surface area (Å²) in [6, 6.07) is 1.65. The number of esters is 1. The number of hydrogen-bond acceptors (Lipinski definition) is 4. The molecule has 0 aliphatic rings. The molecule has 0 saturated carbocycles. The number of hydrazone groups is 1. The number of aryl methyl sites for hydroxylation is 1. The molecule has 2 heterocycles. The fourth-order valence-corrected chi connectivity index (χ4v) is 2.47. The van der Waals surface area contributed by atoms with Gasteiger partial charge >= 0.3 is 5.97 Å². The van der Waals surface area contributed by atoms with Crippen LogP contribution in [0.5, 0.6) is 0 Å². The van der Waals surface area contributed by atoms with Crippen LogP contribution in [0.25, 0.3) is 0 Å². The van der Waals surface area contributed by atoms with Crippen molar-refractivity contribution in [2.45, 2.75) is 20.8 Å². The van der Waals surface area contributed by atoms with Crippen LogP contribution in [0.4, 0.5) is 0 Å². The molecule has 122 valence electrons. The molecule has 0 bridgehead atoms. The maximum absolute atomic E-state index is 11.9. The van der Waals surface area contributed by atoms with Gasteiger partial charge in [-0.1, -0.05) is 0 Å². The second-order valence-electron chi connectivity index (χ2n) is 4.81. The van der Waals surface area contributed by atoms with Crippen LogP contribution in [0.3, 0.4) is 0 Å².